The summed E-state index contributed by atoms with van der Waals surface area (Å²) in [5, 5.41) is 40.4. The molecule has 0 heterocycles. The van der Waals surface area contributed by atoms with Crippen LogP contribution in [0.2, 0.25) is 0 Å². The van der Waals surface area contributed by atoms with Gasteiger partial charge in [0.2, 0.25) is 0 Å². The molecule has 1 atom stereocenters. The molecule has 0 saturated heterocycles. The SMILES string of the molecule is C=C(C)C(=O)O.C=C(C)C(=O)O.OCCC(O)CO. The maximum atomic E-state index is 9.60. The Morgan fingerprint density at radius 3 is 1.32 bits per heavy atom. The first kappa shape index (κ1) is 22.5. The minimum Gasteiger partial charge on any atom is -0.478 e. The van der Waals surface area contributed by atoms with Crippen molar-refractivity contribution in [1.82, 2.24) is 0 Å². The van der Waals surface area contributed by atoms with E-state index in [9.17, 15) is 9.59 Å². The third-order valence-corrected chi connectivity index (χ3v) is 1.40. The Kier molecular flexibility index (Phi) is 17.0. The van der Waals surface area contributed by atoms with Crippen molar-refractivity contribution in [1.29, 1.82) is 0 Å². The standard InChI is InChI=1S/C4H10O3.2C4H6O2/c5-2-1-4(7)3-6;2*1-3(2)4(5)6/h4-7H,1-3H2;2*1H2,2H3,(H,5,6). The molecular formula is C12H22O7. The summed E-state index contributed by atoms with van der Waals surface area (Å²) in [4.78, 5) is 19.2. The zero-order valence-electron chi connectivity index (χ0n) is 11.2. The maximum absolute atomic E-state index is 9.60. The highest BCUT2D eigenvalue weighted by Crippen LogP contribution is 1.85. The molecule has 0 aromatic carbocycles. The van der Waals surface area contributed by atoms with Gasteiger partial charge in [0.1, 0.15) is 0 Å². The lowest BCUT2D eigenvalue weighted by molar-refractivity contribution is -0.133. The van der Waals surface area contributed by atoms with Gasteiger partial charge in [-0.25, -0.2) is 9.59 Å². The second-order valence-corrected chi connectivity index (χ2v) is 3.52. The molecule has 7 heteroatoms. The average molecular weight is 278 g/mol. The molecule has 19 heavy (non-hydrogen) atoms. The van der Waals surface area contributed by atoms with E-state index >= 15 is 0 Å². The van der Waals surface area contributed by atoms with Crippen LogP contribution in [0, 0.1) is 0 Å². The van der Waals surface area contributed by atoms with Crippen molar-refractivity contribution in [2.24, 2.45) is 0 Å². The third-order valence-electron chi connectivity index (χ3n) is 1.40. The molecule has 0 aliphatic carbocycles. The lowest BCUT2D eigenvalue weighted by Gasteiger charge is -2.00. The minimum atomic E-state index is -0.935. The van der Waals surface area contributed by atoms with Crippen LogP contribution in [-0.4, -0.2) is 56.8 Å². The van der Waals surface area contributed by atoms with Crippen molar-refractivity contribution in [3.8, 4) is 0 Å². The number of aliphatic hydroxyl groups excluding tert-OH is 3. The molecule has 0 aromatic heterocycles. The fourth-order valence-corrected chi connectivity index (χ4v) is 0.240. The van der Waals surface area contributed by atoms with Gasteiger partial charge in [-0.05, 0) is 20.3 Å². The smallest absolute Gasteiger partial charge is 0.330 e. The van der Waals surface area contributed by atoms with Crippen LogP contribution in [0.3, 0.4) is 0 Å². The lowest BCUT2D eigenvalue weighted by Crippen LogP contribution is -2.12. The molecule has 0 rings (SSSR count). The second kappa shape index (κ2) is 14.4. The second-order valence-electron chi connectivity index (χ2n) is 3.52. The highest BCUT2D eigenvalue weighted by Gasteiger charge is 1.96. The maximum Gasteiger partial charge on any atom is 0.330 e. The van der Waals surface area contributed by atoms with Gasteiger partial charge in [0, 0.05) is 17.8 Å². The number of hydrogen-bond acceptors (Lipinski definition) is 5. The van der Waals surface area contributed by atoms with Gasteiger partial charge >= 0.3 is 11.9 Å². The van der Waals surface area contributed by atoms with E-state index in [1.54, 1.807) is 0 Å². The van der Waals surface area contributed by atoms with E-state index in [-0.39, 0.29) is 30.8 Å². The van der Waals surface area contributed by atoms with Crippen LogP contribution in [0.4, 0.5) is 0 Å². The monoisotopic (exact) mass is 278 g/mol. The van der Waals surface area contributed by atoms with Crippen molar-refractivity contribution < 1.29 is 35.1 Å². The summed E-state index contributed by atoms with van der Waals surface area (Å²) in [5.74, 6) is -1.87. The number of aliphatic hydroxyl groups is 3. The molecule has 1 unspecified atom stereocenters. The Balaban J connectivity index is -0.000000203. The van der Waals surface area contributed by atoms with E-state index in [1.807, 2.05) is 0 Å². The van der Waals surface area contributed by atoms with E-state index in [4.69, 9.17) is 25.5 Å². The van der Waals surface area contributed by atoms with Crippen LogP contribution in [0.1, 0.15) is 20.3 Å². The first-order chi connectivity index (χ1) is 8.59. The number of aliphatic carboxylic acids is 2. The summed E-state index contributed by atoms with van der Waals surface area (Å²) < 4.78 is 0. The van der Waals surface area contributed by atoms with Crippen LogP contribution >= 0.6 is 0 Å². The van der Waals surface area contributed by atoms with Crippen molar-refractivity contribution in [2.75, 3.05) is 13.2 Å². The summed E-state index contributed by atoms with van der Waals surface area (Å²) in [5.41, 5.74) is 0.352. The van der Waals surface area contributed by atoms with Crippen LogP contribution in [0.25, 0.3) is 0 Å². The third kappa shape index (κ3) is 26.1. The average Bonchev–Trinajstić information content (AvgIpc) is 2.30. The zero-order valence-corrected chi connectivity index (χ0v) is 11.2. The zero-order chi connectivity index (χ0) is 16.0. The molecular weight excluding hydrogens is 256 g/mol. The molecule has 0 saturated carbocycles. The quantitative estimate of drug-likeness (QED) is 0.447. The fraction of sp³-hybridized carbons (Fsp3) is 0.500. The molecule has 0 spiro atoms. The molecule has 0 fully saturated rings. The van der Waals surface area contributed by atoms with Gasteiger partial charge in [-0.15, -0.1) is 0 Å². The summed E-state index contributed by atoms with van der Waals surface area (Å²) in [6.07, 6.45) is -0.485. The molecule has 0 radical (unpaired) electrons. The Morgan fingerprint density at radius 1 is 1.00 bits per heavy atom. The first-order valence-electron chi connectivity index (χ1n) is 5.27. The molecule has 112 valence electrons. The summed E-state index contributed by atoms with van der Waals surface area (Å²) in [6.45, 7) is 8.87. The van der Waals surface area contributed by atoms with E-state index in [0.29, 0.717) is 0 Å². The number of carbonyl (C=O) groups is 2. The van der Waals surface area contributed by atoms with E-state index in [0.717, 1.165) is 0 Å². The van der Waals surface area contributed by atoms with Crippen molar-refractivity contribution in [3.63, 3.8) is 0 Å². The highest BCUT2D eigenvalue weighted by atomic mass is 16.4. The van der Waals surface area contributed by atoms with Crippen molar-refractivity contribution >= 4 is 11.9 Å². The normalized spacial score (nSPS) is 9.95. The van der Waals surface area contributed by atoms with Gasteiger partial charge < -0.3 is 25.5 Å². The molecule has 7 nitrogen and oxygen atoms in total. The van der Waals surface area contributed by atoms with E-state index in [1.165, 1.54) is 13.8 Å². The lowest BCUT2D eigenvalue weighted by atomic mass is 10.3. The van der Waals surface area contributed by atoms with Crippen LogP contribution in [-0.2, 0) is 9.59 Å². The molecule has 0 amide bonds. The van der Waals surface area contributed by atoms with Gasteiger partial charge in [0.05, 0.1) is 12.7 Å². The Bertz CT molecular complexity index is 248. The van der Waals surface area contributed by atoms with Gasteiger partial charge in [0.25, 0.3) is 0 Å². The van der Waals surface area contributed by atoms with Gasteiger partial charge in [-0.3, -0.25) is 0 Å². The van der Waals surface area contributed by atoms with Gasteiger partial charge in [-0.1, -0.05) is 13.2 Å². The molecule has 0 bridgehead atoms. The predicted molar refractivity (Wildman–Crippen MR) is 69.7 cm³/mol. The molecule has 5 N–H and O–H groups in total. The van der Waals surface area contributed by atoms with Crippen LogP contribution in [0.5, 0.6) is 0 Å². The van der Waals surface area contributed by atoms with E-state index < -0.39 is 18.0 Å². The Labute approximate surface area is 112 Å². The molecule has 0 aliphatic heterocycles. The minimum absolute atomic E-state index is 0.0677. The topological polar surface area (TPSA) is 135 Å². The highest BCUT2D eigenvalue weighted by molar-refractivity contribution is 5.85. The molecule has 0 aliphatic rings. The number of carboxylic acids is 2. The van der Waals surface area contributed by atoms with Crippen LogP contribution in [0.15, 0.2) is 24.3 Å². The largest absolute Gasteiger partial charge is 0.478 e. The predicted octanol–water partition coefficient (Wildman–Crippen LogP) is 0.0162. The number of hydrogen-bond donors (Lipinski definition) is 5. The summed E-state index contributed by atoms with van der Waals surface area (Å²) >= 11 is 0. The van der Waals surface area contributed by atoms with Gasteiger partial charge in [-0.2, -0.15) is 0 Å². The number of carboxylic acid groups (broad SMARTS) is 2. The molecule has 0 aromatic rings. The summed E-state index contributed by atoms with van der Waals surface area (Å²) in [6, 6.07) is 0. The Hall–Kier alpha value is -1.70. The van der Waals surface area contributed by atoms with E-state index in [2.05, 4.69) is 13.2 Å². The Morgan fingerprint density at radius 2 is 1.26 bits per heavy atom. The van der Waals surface area contributed by atoms with Crippen LogP contribution < -0.4 is 0 Å². The van der Waals surface area contributed by atoms with Crippen molar-refractivity contribution in [2.45, 2.75) is 26.4 Å². The first-order valence-corrected chi connectivity index (χ1v) is 5.27. The summed E-state index contributed by atoms with van der Waals surface area (Å²) in [7, 11) is 0. The van der Waals surface area contributed by atoms with Gasteiger partial charge in [0.15, 0.2) is 0 Å². The van der Waals surface area contributed by atoms with Crippen molar-refractivity contribution in [3.05, 3.63) is 24.3 Å². The fourth-order valence-electron chi connectivity index (χ4n) is 0.240. The number of rotatable bonds is 5.